The Bertz CT molecular complexity index is 441. The molecular formula is C8H9NO5S. The standard InChI is InChI=1S/C8H9NO5S/c10-7(8(11)12)9-15(13,14)6-4-2-1-3-5-6/h1-5,7,9-10H,(H,11,12). The molecule has 0 bridgehead atoms. The van der Waals surface area contributed by atoms with Gasteiger partial charge in [-0.25, -0.2) is 13.2 Å². The molecule has 0 amide bonds. The van der Waals surface area contributed by atoms with E-state index in [0.717, 1.165) is 0 Å². The lowest BCUT2D eigenvalue weighted by Gasteiger charge is -2.08. The van der Waals surface area contributed by atoms with E-state index in [-0.39, 0.29) is 4.90 Å². The monoisotopic (exact) mass is 231 g/mol. The summed E-state index contributed by atoms with van der Waals surface area (Å²) in [5.41, 5.74) is 0. The number of hydrogen-bond acceptors (Lipinski definition) is 4. The van der Waals surface area contributed by atoms with Gasteiger partial charge in [0.1, 0.15) is 0 Å². The van der Waals surface area contributed by atoms with E-state index in [4.69, 9.17) is 10.2 Å². The van der Waals surface area contributed by atoms with Gasteiger partial charge in [0.15, 0.2) is 0 Å². The zero-order chi connectivity index (χ0) is 11.5. The molecule has 7 heteroatoms. The highest BCUT2D eigenvalue weighted by molar-refractivity contribution is 7.89. The molecular weight excluding hydrogens is 222 g/mol. The number of hydrogen-bond donors (Lipinski definition) is 3. The largest absolute Gasteiger partial charge is 0.478 e. The molecule has 3 N–H and O–H groups in total. The van der Waals surface area contributed by atoms with Crippen LogP contribution in [0.5, 0.6) is 0 Å². The summed E-state index contributed by atoms with van der Waals surface area (Å²) in [5.74, 6) is -1.66. The number of carboxylic acids is 1. The third-order valence-electron chi connectivity index (χ3n) is 1.55. The van der Waals surface area contributed by atoms with Crippen LogP contribution < -0.4 is 4.72 Å². The lowest BCUT2D eigenvalue weighted by molar-refractivity contribution is -0.147. The predicted molar refractivity (Wildman–Crippen MR) is 50.4 cm³/mol. The Hall–Kier alpha value is -1.44. The van der Waals surface area contributed by atoms with E-state index in [9.17, 15) is 13.2 Å². The Labute approximate surface area is 86.2 Å². The first-order chi connectivity index (χ1) is 6.93. The van der Waals surface area contributed by atoms with Gasteiger partial charge in [-0.3, -0.25) is 0 Å². The van der Waals surface area contributed by atoms with Gasteiger partial charge in [-0.1, -0.05) is 18.2 Å². The molecule has 1 atom stereocenters. The van der Waals surface area contributed by atoms with Crippen LogP contribution in [0.3, 0.4) is 0 Å². The maximum absolute atomic E-state index is 11.4. The van der Waals surface area contributed by atoms with Crippen LogP contribution in [0.2, 0.25) is 0 Å². The third-order valence-corrected chi connectivity index (χ3v) is 2.98. The first kappa shape index (κ1) is 11.6. The number of benzene rings is 1. The Morgan fingerprint density at radius 2 is 1.80 bits per heavy atom. The van der Waals surface area contributed by atoms with Crippen molar-refractivity contribution in [1.29, 1.82) is 0 Å². The lowest BCUT2D eigenvalue weighted by atomic mass is 10.4. The van der Waals surface area contributed by atoms with Gasteiger partial charge < -0.3 is 10.2 Å². The minimum atomic E-state index is -3.99. The molecule has 1 aromatic carbocycles. The summed E-state index contributed by atoms with van der Waals surface area (Å²) < 4.78 is 24.4. The topological polar surface area (TPSA) is 104 Å². The molecule has 1 aromatic rings. The molecule has 0 saturated heterocycles. The summed E-state index contributed by atoms with van der Waals surface area (Å²) in [6.45, 7) is 0. The van der Waals surface area contributed by atoms with E-state index in [1.807, 2.05) is 0 Å². The van der Waals surface area contributed by atoms with Crippen molar-refractivity contribution in [2.45, 2.75) is 11.1 Å². The fourth-order valence-electron chi connectivity index (χ4n) is 0.865. The lowest BCUT2D eigenvalue weighted by Crippen LogP contribution is -2.40. The van der Waals surface area contributed by atoms with Crippen molar-refractivity contribution in [3.8, 4) is 0 Å². The van der Waals surface area contributed by atoms with Gasteiger partial charge in [0.2, 0.25) is 16.3 Å². The Kier molecular flexibility index (Phi) is 3.40. The van der Waals surface area contributed by atoms with Gasteiger partial charge in [0.25, 0.3) is 0 Å². The van der Waals surface area contributed by atoms with Crippen molar-refractivity contribution in [3.05, 3.63) is 30.3 Å². The van der Waals surface area contributed by atoms with Gasteiger partial charge in [-0.15, -0.1) is 0 Å². The molecule has 0 spiro atoms. The summed E-state index contributed by atoms with van der Waals surface area (Å²) in [6.07, 6.45) is -2.14. The molecule has 1 unspecified atom stereocenters. The molecule has 0 aliphatic carbocycles. The fraction of sp³-hybridized carbons (Fsp3) is 0.125. The minimum Gasteiger partial charge on any atom is -0.478 e. The highest BCUT2D eigenvalue weighted by Crippen LogP contribution is 2.07. The van der Waals surface area contributed by atoms with Crippen LogP contribution in [0.25, 0.3) is 0 Å². The summed E-state index contributed by atoms with van der Waals surface area (Å²) in [6, 6.07) is 7.17. The number of aliphatic hydroxyl groups is 1. The third kappa shape index (κ3) is 3.01. The van der Waals surface area contributed by atoms with E-state index in [1.54, 1.807) is 10.8 Å². The number of carbonyl (C=O) groups is 1. The van der Waals surface area contributed by atoms with Crippen molar-refractivity contribution in [2.75, 3.05) is 0 Å². The first-order valence-corrected chi connectivity index (χ1v) is 5.40. The van der Waals surface area contributed by atoms with E-state index >= 15 is 0 Å². The van der Waals surface area contributed by atoms with Crippen molar-refractivity contribution in [1.82, 2.24) is 4.72 Å². The number of sulfonamides is 1. The molecule has 0 saturated carbocycles. The number of rotatable bonds is 4. The van der Waals surface area contributed by atoms with Crippen LogP contribution >= 0.6 is 0 Å². The molecule has 0 radical (unpaired) electrons. The molecule has 1 rings (SSSR count). The van der Waals surface area contributed by atoms with E-state index < -0.39 is 22.2 Å². The van der Waals surface area contributed by atoms with Crippen molar-refractivity contribution in [2.24, 2.45) is 0 Å². The Morgan fingerprint density at radius 3 is 2.27 bits per heavy atom. The predicted octanol–water partition coefficient (Wildman–Crippen LogP) is -0.632. The van der Waals surface area contributed by atoms with Crippen molar-refractivity contribution in [3.63, 3.8) is 0 Å². The molecule has 15 heavy (non-hydrogen) atoms. The van der Waals surface area contributed by atoms with Crippen LogP contribution in [-0.4, -0.2) is 30.8 Å². The first-order valence-electron chi connectivity index (χ1n) is 3.92. The highest BCUT2D eigenvalue weighted by Gasteiger charge is 2.22. The molecule has 6 nitrogen and oxygen atoms in total. The van der Waals surface area contributed by atoms with E-state index in [2.05, 4.69) is 0 Å². The molecule has 0 heterocycles. The minimum absolute atomic E-state index is 0.106. The van der Waals surface area contributed by atoms with Crippen LogP contribution in [0.1, 0.15) is 0 Å². The molecule has 0 aromatic heterocycles. The van der Waals surface area contributed by atoms with Crippen LogP contribution in [0.4, 0.5) is 0 Å². The second-order valence-electron chi connectivity index (χ2n) is 2.68. The Morgan fingerprint density at radius 1 is 1.27 bits per heavy atom. The van der Waals surface area contributed by atoms with Gasteiger partial charge in [0, 0.05) is 0 Å². The summed E-state index contributed by atoms with van der Waals surface area (Å²) in [4.78, 5) is 10.1. The Balaban J connectivity index is 2.91. The molecule has 0 aliphatic rings. The average molecular weight is 231 g/mol. The number of aliphatic hydroxyl groups excluding tert-OH is 1. The highest BCUT2D eigenvalue weighted by atomic mass is 32.2. The quantitative estimate of drug-likeness (QED) is 0.598. The van der Waals surface area contributed by atoms with Gasteiger partial charge in [0.05, 0.1) is 4.90 Å². The van der Waals surface area contributed by atoms with Gasteiger partial charge in [-0.2, -0.15) is 4.72 Å². The van der Waals surface area contributed by atoms with Crippen molar-refractivity contribution >= 4 is 16.0 Å². The second kappa shape index (κ2) is 4.39. The smallest absolute Gasteiger partial charge is 0.348 e. The van der Waals surface area contributed by atoms with Crippen LogP contribution in [0.15, 0.2) is 35.2 Å². The van der Waals surface area contributed by atoms with E-state index in [0.29, 0.717) is 0 Å². The fourth-order valence-corrected chi connectivity index (χ4v) is 1.91. The van der Waals surface area contributed by atoms with Crippen LogP contribution in [0, 0.1) is 0 Å². The maximum atomic E-state index is 11.4. The molecule has 0 fully saturated rings. The average Bonchev–Trinajstić information content (AvgIpc) is 2.18. The number of carboxylic acid groups (broad SMARTS) is 1. The molecule has 0 aliphatic heterocycles. The summed E-state index contributed by atoms with van der Waals surface area (Å²) >= 11 is 0. The normalized spacial score (nSPS) is 13.4. The molecule has 82 valence electrons. The van der Waals surface area contributed by atoms with Gasteiger partial charge >= 0.3 is 5.97 Å². The second-order valence-corrected chi connectivity index (χ2v) is 4.39. The maximum Gasteiger partial charge on any atom is 0.348 e. The number of nitrogens with one attached hydrogen (secondary N) is 1. The summed E-state index contributed by atoms with van der Waals surface area (Å²) in [5, 5.41) is 17.1. The van der Waals surface area contributed by atoms with Gasteiger partial charge in [-0.05, 0) is 12.1 Å². The van der Waals surface area contributed by atoms with E-state index in [1.165, 1.54) is 24.3 Å². The zero-order valence-electron chi connectivity index (χ0n) is 7.49. The zero-order valence-corrected chi connectivity index (χ0v) is 8.31. The summed E-state index contributed by atoms with van der Waals surface area (Å²) in [7, 11) is -3.99. The van der Waals surface area contributed by atoms with Crippen LogP contribution in [-0.2, 0) is 14.8 Å². The number of aliphatic carboxylic acids is 1. The van der Waals surface area contributed by atoms with Crippen molar-refractivity contribution < 1.29 is 23.4 Å². The SMILES string of the molecule is O=C(O)C(O)NS(=O)(=O)c1ccccc1.